The molecule has 0 aromatic rings. The zero-order valence-corrected chi connectivity index (χ0v) is 8.06. The zero-order chi connectivity index (χ0) is 8.74. The van der Waals surface area contributed by atoms with E-state index < -0.39 is 0 Å². The van der Waals surface area contributed by atoms with Crippen molar-refractivity contribution in [1.82, 2.24) is 5.32 Å². The van der Waals surface area contributed by atoms with Gasteiger partial charge in [0.25, 0.3) is 0 Å². The number of unbranched alkanes of at least 4 members (excludes halogenated alkanes) is 1. The molecule has 0 fully saturated rings. The van der Waals surface area contributed by atoms with E-state index >= 15 is 0 Å². The molecule has 0 amide bonds. The van der Waals surface area contributed by atoms with Gasteiger partial charge >= 0.3 is 0 Å². The highest BCUT2D eigenvalue weighted by atomic mass is 15.3. The van der Waals surface area contributed by atoms with Crippen molar-refractivity contribution >= 4 is 0 Å². The standard InChI is InChI=1S/C9H21N2/c1-5-10-8-6-7-9-11(2,3)4/h5,10H,1,6-9H2,2-4H3/q+1. The smallest absolute Gasteiger partial charge is 0.0781 e. The Morgan fingerprint density at radius 3 is 2.36 bits per heavy atom. The number of hydrogen-bond acceptors (Lipinski definition) is 1. The van der Waals surface area contributed by atoms with Gasteiger partial charge in [-0.1, -0.05) is 6.58 Å². The van der Waals surface area contributed by atoms with E-state index in [1.54, 1.807) is 6.20 Å². The quantitative estimate of drug-likeness (QED) is 0.451. The van der Waals surface area contributed by atoms with Crippen LogP contribution in [0.4, 0.5) is 0 Å². The molecule has 0 radical (unpaired) electrons. The fourth-order valence-electron chi connectivity index (χ4n) is 0.915. The zero-order valence-electron chi connectivity index (χ0n) is 8.06. The summed E-state index contributed by atoms with van der Waals surface area (Å²) in [7, 11) is 6.67. The fraction of sp³-hybridized carbons (Fsp3) is 0.778. The number of hydrogen-bond donors (Lipinski definition) is 1. The molecule has 11 heavy (non-hydrogen) atoms. The second-order valence-electron chi connectivity index (χ2n) is 3.88. The van der Waals surface area contributed by atoms with Gasteiger partial charge in [0.1, 0.15) is 0 Å². The molecule has 1 N–H and O–H groups in total. The van der Waals surface area contributed by atoms with Crippen molar-refractivity contribution in [3.63, 3.8) is 0 Å². The Morgan fingerprint density at radius 2 is 1.91 bits per heavy atom. The number of nitrogens with zero attached hydrogens (tertiary/aromatic N) is 1. The third-order valence-corrected chi connectivity index (χ3v) is 1.54. The van der Waals surface area contributed by atoms with Gasteiger partial charge in [0.15, 0.2) is 0 Å². The third kappa shape index (κ3) is 9.50. The summed E-state index contributed by atoms with van der Waals surface area (Å²) in [5.74, 6) is 0. The van der Waals surface area contributed by atoms with Crippen LogP contribution in [0.5, 0.6) is 0 Å². The largest absolute Gasteiger partial charge is 0.391 e. The molecule has 2 nitrogen and oxygen atoms in total. The van der Waals surface area contributed by atoms with Crippen molar-refractivity contribution in [2.45, 2.75) is 12.8 Å². The highest BCUT2D eigenvalue weighted by Crippen LogP contribution is 1.95. The van der Waals surface area contributed by atoms with Gasteiger partial charge < -0.3 is 9.80 Å². The lowest BCUT2D eigenvalue weighted by Gasteiger charge is -2.23. The summed E-state index contributed by atoms with van der Waals surface area (Å²) in [5.41, 5.74) is 0. The summed E-state index contributed by atoms with van der Waals surface area (Å²) in [6.07, 6.45) is 4.28. The minimum Gasteiger partial charge on any atom is -0.391 e. The van der Waals surface area contributed by atoms with Crippen LogP contribution in [-0.2, 0) is 0 Å². The lowest BCUT2D eigenvalue weighted by molar-refractivity contribution is -0.870. The van der Waals surface area contributed by atoms with Gasteiger partial charge in [-0.15, -0.1) is 0 Å². The van der Waals surface area contributed by atoms with Crippen molar-refractivity contribution in [1.29, 1.82) is 0 Å². The Kier molecular flexibility index (Phi) is 4.95. The minimum atomic E-state index is 1.06. The van der Waals surface area contributed by atoms with Crippen LogP contribution in [0.3, 0.4) is 0 Å². The van der Waals surface area contributed by atoms with Crippen LogP contribution >= 0.6 is 0 Å². The van der Waals surface area contributed by atoms with Gasteiger partial charge in [-0.25, -0.2) is 0 Å². The monoisotopic (exact) mass is 157 g/mol. The van der Waals surface area contributed by atoms with Crippen molar-refractivity contribution in [3.05, 3.63) is 12.8 Å². The molecule has 0 unspecified atom stereocenters. The van der Waals surface area contributed by atoms with Crippen LogP contribution in [-0.4, -0.2) is 38.7 Å². The highest BCUT2D eigenvalue weighted by Gasteiger charge is 2.04. The number of nitrogens with one attached hydrogen (secondary N) is 1. The number of quaternary nitrogens is 1. The Balaban J connectivity index is 3.08. The van der Waals surface area contributed by atoms with Gasteiger partial charge in [-0.3, -0.25) is 0 Å². The summed E-state index contributed by atoms with van der Waals surface area (Å²) in [6.45, 7) is 5.90. The van der Waals surface area contributed by atoms with Crippen LogP contribution in [0.1, 0.15) is 12.8 Å². The predicted molar refractivity (Wildman–Crippen MR) is 50.3 cm³/mol. The Labute approximate surface area is 70.5 Å². The first-order valence-corrected chi connectivity index (χ1v) is 4.21. The van der Waals surface area contributed by atoms with E-state index in [2.05, 4.69) is 33.0 Å². The molecule has 0 bridgehead atoms. The average molecular weight is 157 g/mol. The molecule has 0 aliphatic carbocycles. The molecule has 0 aromatic carbocycles. The van der Waals surface area contributed by atoms with E-state index in [0.29, 0.717) is 0 Å². The maximum absolute atomic E-state index is 3.59. The molecule has 0 saturated carbocycles. The summed E-state index contributed by atoms with van der Waals surface area (Å²) in [4.78, 5) is 0. The van der Waals surface area contributed by atoms with Crippen LogP contribution in [0.15, 0.2) is 12.8 Å². The fourth-order valence-corrected chi connectivity index (χ4v) is 0.915. The van der Waals surface area contributed by atoms with Gasteiger partial charge in [0, 0.05) is 6.54 Å². The summed E-state index contributed by atoms with van der Waals surface area (Å²) < 4.78 is 1.06. The molecule has 0 aromatic heterocycles. The first-order chi connectivity index (χ1) is 5.06. The second kappa shape index (κ2) is 5.19. The van der Waals surface area contributed by atoms with E-state index in [1.165, 1.54) is 19.4 Å². The van der Waals surface area contributed by atoms with Gasteiger partial charge in [-0.05, 0) is 19.0 Å². The van der Waals surface area contributed by atoms with Crippen LogP contribution in [0, 0.1) is 0 Å². The predicted octanol–water partition coefficient (Wildman–Crippen LogP) is 1.21. The normalized spacial score (nSPS) is 11.2. The Hall–Kier alpha value is -0.500. The minimum absolute atomic E-state index is 1.06. The summed E-state index contributed by atoms with van der Waals surface area (Å²) in [6, 6.07) is 0. The van der Waals surface area contributed by atoms with Gasteiger partial charge in [0.05, 0.1) is 27.7 Å². The van der Waals surface area contributed by atoms with E-state index in [9.17, 15) is 0 Å². The molecule has 0 rings (SSSR count). The van der Waals surface area contributed by atoms with Gasteiger partial charge in [-0.2, -0.15) is 0 Å². The van der Waals surface area contributed by atoms with Crippen LogP contribution in [0.25, 0.3) is 0 Å². The van der Waals surface area contributed by atoms with E-state index in [-0.39, 0.29) is 0 Å². The lowest BCUT2D eigenvalue weighted by Crippen LogP contribution is -2.35. The number of rotatable bonds is 6. The molecule has 2 heteroatoms. The summed E-state index contributed by atoms with van der Waals surface area (Å²) >= 11 is 0. The molecule has 0 spiro atoms. The topological polar surface area (TPSA) is 12.0 Å². The highest BCUT2D eigenvalue weighted by molar-refractivity contribution is 4.61. The first kappa shape index (κ1) is 10.5. The molecular formula is C9H21N2+. The molecule has 0 atom stereocenters. The Bertz CT molecular complexity index is 103. The Morgan fingerprint density at radius 1 is 1.27 bits per heavy atom. The second-order valence-corrected chi connectivity index (χ2v) is 3.88. The average Bonchev–Trinajstić information content (AvgIpc) is 1.85. The first-order valence-electron chi connectivity index (χ1n) is 4.21. The van der Waals surface area contributed by atoms with Crippen molar-refractivity contribution < 1.29 is 4.48 Å². The molecule has 0 aliphatic rings. The van der Waals surface area contributed by atoms with Crippen LogP contribution < -0.4 is 5.32 Å². The molecular weight excluding hydrogens is 136 g/mol. The lowest BCUT2D eigenvalue weighted by atomic mass is 10.3. The SMILES string of the molecule is C=CNCCCC[N+](C)(C)C. The van der Waals surface area contributed by atoms with Crippen molar-refractivity contribution in [2.75, 3.05) is 34.2 Å². The van der Waals surface area contributed by atoms with E-state index in [1.807, 2.05) is 0 Å². The molecule has 0 aliphatic heterocycles. The molecule has 66 valence electrons. The van der Waals surface area contributed by atoms with Gasteiger partial charge in [0.2, 0.25) is 0 Å². The van der Waals surface area contributed by atoms with Crippen molar-refractivity contribution in [3.8, 4) is 0 Å². The summed E-state index contributed by atoms with van der Waals surface area (Å²) in [5, 5.41) is 3.09. The maximum Gasteiger partial charge on any atom is 0.0781 e. The maximum atomic E-state index is 3.59. The third-order valence-electron chi connectivity index (χ3n) is 1.54. The van der Waals surface area contributed by atoms with E-state index in [0.717, 1.165) is 11.0 Å². The van der Waals surface area contributed by atoms with Crippen molar-refractivity contribution in [2.24, 2.45) is 0 Å². The van der Waals surface area contributed by atoms with E-state index in [4.69, 9.17) is 0 Å². The van der Waals surface area contributed by atoms with Crippen LogP contribution in [0.2, 0.25) is 0 Å². The molecule has 0 heterocycles. The molecule has 0 saturated heterocycles.